The maximum atomic E-state index is 12.4. The number of ketones is 1. The van der Waals surface area contributed by atoms with Crippen LogP contribution in [0.25, 0.3) is 0 Å². The monoisotopic (exact) mass is 274 g/mol. The van der Waals surface area contributed by atoms with Gasteiger partial charge >= 0.3 is 0 Å². The average Bonchev–Trinajstić information content (AvgIpc) is 2.45. The Labute approximate surface area is 120 Å². The molecule has 2 atom stereocenters. The predicted molar refractivity (Wildman–Crippen MR) is 76.4 cm³/mol. The van der Waals surface area contributed by atoms with Crippen molar-refractivity contribution in [1.82, 2.24) is 9.88 Å². The molecule has 1 aromatic heterocycles. The molecule has 0 aromatic carbocycles. The summed E-state index contributed by atoms with van der Waals surface area (Å²) in [5.41, 5.74) is 1.01. The highest BCUT2D eigenvalue weighted by Gasteiger charge is 2.38. The number of likely N-dealkylation sites (N-methyl/N-ethyl adjacent to an activating group) is 1. The van der Waals surface area contributed by atoms with E-state index in [0.29, 0.717) is 24.3 Å². The van der Waals surface area contributed by atoms with Crippen molar-refractivity contribution in [1.29, 1.82) is 0 Å². The summed E-state index contributed by atoms with van der Waals surface area (Å²) in [5, 5.41) is 0. The minimum atomic E-state index is 0.216. The molecule has 2 fully saturated rings. The van der Waals surface area contributed by atoms with Crippen LogP contribution >= 0.6 is 0 Å². The summed E-state index contributed by atoms with van der Waals surface area (Å²) < 4.78 is 5.60. The normalized spacial score (nSPS) is 30.1. The summed E-state index contributed by atoms with van der Waals surface area (Å²) >= 11 is 0. The molecule has 1 aromatic rings. The SMILES string of the molecule is CN1C2COCC1CC(C(=O)CCc1ccccn1)C2. The van der Waals surface area contributed by atoms with Crippen LogP contribution in [0.3, 0.4) is 0 Å². The predicted octanol–water partition coefficient (Wildman–Crippen LogP) is 1.69. The number of piperidine rings is 1. The first-order valence-electron chi connectivity index (χ1n) is 7.46. The minimum absolute atomic E-state index is 0.216. The molecule has 0 N–H and O–H groups in total. The van der Waals surface area contributed by atoms with Crippen LogP contribution in [0.1, 0.15) is 25.0 Å². The van der Waals surface area contributed by atoms with Crippen molar-refractivity contribution in [3.05, 3.63) is 30.1 Å². The Morgan fingerprint density at radius 1 is 1.35 bits per heavy atom. The van der Waals surface area contributed by atoms with Gasteiger partial charge < -0.3 is 4.74 Å². The molecule has 0 spiro atoms. The summed E-state index contributed by atoms with van der Waals surface area (Å²) in [6.45, 7) is 1.55. The van der Waals surface area contributed by atoms with Gasteiger partial charge in [0.05, 0.1) is 13.2 Å². The Morgan fingerprint density at radius 3 is 2.75 bits per heavy atom. The van der Waals surface area contributed by atoms with Crippen LogP contribution < -0.4 is 0 Å². The number of aryl methyl sites for hydroxylation is 1. The van der Waals surface area contributed by atoms with E-state index in [0.717, 1.165) is 38.2 Å². The van der Waals surface area contributed by atoms with E-state index in [1.165, 1.54) is 0 Å². The van der Waals surface area contributed by atoms with E-state index in [-0.39, 0.29) is 5.92 Å². The molecular weight excluding hydrogens is 252 g/mol. The number of carbonyl (C=O) groups is 1. The fourth-order valence-electron chi connectivity index (χ4n) is 3.36. The van der Waals surface area contributed by atoms with Crippen molar-refractivity contribution in [2.75, 3.05) is 20.3 Å². The number of aromatic nitrogens is 1. The maximum Gasteiger partial charge on any atom is 0.136 e. The second-order valence-electron chi connectivity index (χ2n) is 5.97. The molecule has 4 nitrogen and oxygen atoms in total. The molecule has 0 amide bonds. The Kier molecular flexibility index (Phi) is 4.13. The lowest BCUT2D eigenvalue weighted by Gasteiger charge is -2.46. The average molecular weight is 274 g/mol. The molecule has 3 heterocycles. The number of carbonyl (C=O) groups excluding carboxylic acids is 1. The second kappa shape index (κ2) is 6.02. The molecular formula is C16H22N2O2. The van der Waals surface area contributed by atoms with Gasteiger partial charge in [0.25, 0.3) is 0 Å². The van der Waals surface area contributed by atoms with Crippen molar-refractivity contribution in [2.24, 2.45) is 5.92 Å². The van der Waals surface area contributed by atoms with Gasteiger partial charge in [0, 0.05) is 36.3 Å². The van der Waals surface area contributed by atoms with Crippen molar-refractivity contribution in [3.63, 3.8) is 0 Å². The van der Waals surface area contributed by atoms with Crippen LogP contribution in [-0.4, -0.2) is 48.0 Å². The molecule has 4 heteroatoms. The van der Waals surface area contributed by atoms with E-state index in [2.05, 4.69) is 16.9 Å². The van der Waals surface area contributed by atoms with Crippen LogP contribution in [0.15, 0.2) is 24.4 Å². The largest absolute Gasteiger partial charge is 0.378 e. The zero-order valence-electron chi connectivity index (χ0n) is 12.0. The Hall–Kier alpha value is -1.26. The van der Waals surface area contributed by atoms with Gasteiger partial charge in [0.2, 0.25) is 0 Å². The minimum Gasteiger partial charge on any atom is -0.378 e. The molecule has 0 radical (unpaired) electrons. The van der Waals surface area contributed by atoms with Crippen LogP contribution in [0.4, 0.5) is 0 Å². The standard InChI is InChI=1S/C16H22N2O2/c1-18-14-8-12(9-15(18)11-20-10-14)16(19)6-5-13-4-2-3-7-17-13/h2-4,7,12,14-15H,5-6,8-11H2,1H3. The Morgan fingerprint density at radius 2 is 2.10 bits per heavy atom. The van der Waals surface area contributed by atoms with Crippen molar-refractivity contribution in [3.8, 4) is 0 Å². The molecule has 20 heavy (non-hydrogen) atoms. The number of fused-ring (bicyclic) bond motifs is 2. The smallest absolute Gasteiger partial charge is 0.136 e. The van der Waals surface area contributed by atoms with E-state index < -0.39 is 0 Å². The van der Waals surface area contributed by atoms with E-state index in [1.807, 2.05) is 18.2 Å². The number of rotatable bonds is 4. The molecule has 2 unspecified atom stereocenters. The number of morpholine rings is 1. The highest BCUT2D eigenvalue weighted by atomic mass is 16.5. The van der Waals surface area contributed by atoms with Crippen LogP contribution in [0, 0.1) is 5.92 Å². The highest BCUT2D eigenvalue weighted by molar-refractivity contribution is 5.81. The first-order valence-corrected chi connectivity index (χ1v) is 7.46. The molecule has 2 aliphatic heterocycles. The second-order valence-corrected chi connectivity index (χ2v) is 5.97. The third-order valence-electron chi connectivity index (χ3n) is 4.69. The first-order chi connectivity index (χ1) is 9.74. The summed E-state index contributed by atoms with van der Waals surface area (Å²) in [6.07, 6.45) is 5.07. The number of hydrogen-bond acceptors (Lipinski definition) is 4. The quantitative estimate of drug-likeness (QED) is 0.838. The fraction of sp³-hybridized carbons (Fsp3) is 0.625. The molecule has 2 bridgehead atoms. The van der Waals surface area contributed by atoms with Gasteiger partial charge in [-0.3, -0.25) is 14.7 Å². The van der Waals surface area contributed by atoms with Gasteiger partial charge in [-0.05, 0) is 38.4 Å². The fourth-order valence-corrected chi connectivity index (χ4v) is 3.36. The zero-order chi connectivity index (χ0) is 13.9. The van der Waals surface area contributed by atoms with Gasteiger partial charge in [-0.1, -0.05) is 6.07 Å². The van der Waals surface area contributed by atoms with Crippen molar-refractivity contribution >= 4 is 5.78 Å². The van der Waals surface area contributed by atoms with E-state index in [1.54, 1.807) is 6.20 Å². The van der Waals surface area contributed by atoms with E-state index >= 15 is 0 Å². The number of hydrogen-bond donors (Lipinski definition) is 0. The molecule has 0 saturated carbocycles. The summed E-state index contributed by atoms with van der Waals surface area (Å²) in [7, 11) is 2.16. The lowest BCUT2D eigenvalue weighted by molar-refractivity contribution is -0.131. The lowest BCUT2D eigenvalue weighted by atomic mass is 9.81. The Bertz CT molecular complexity index is 449. The Balaban J connectivity index is 1.55. The highest BCUT2D eigenvalue weighted by Crippen LogP contribution is 2.31. The first kappa shape index (κ1) is 13.7. The molecule has 108 valence electrons. The van der Waals surface area contributed by atoms with Crippen LogP contribution in [-0.2, 0) is 16.0 Å². The summed E-state index contributed by atoms with van der Waals surface area (Å²) in [6, 6.07) is 6.72. The number of ether oxygens (including phenoxy) is 1. The van der Waals surface area contributed by atoms with E-state index in [9.17, 15) is 4.79 Å². The van der Waals surface area contributed by atoms with Crippen LogP contribution in [0.2, 0.25) is 0 Å². The van der Waals surface area contributed by atoms with Gasteiger partial charge in [0.1, 0.15) is 5.78 Å². The molecule has 2 saturated heterocycles. The topological polar surface area (TPSA) is 42.4 Å². The third kappa shape index (κ3) is 2.91. The number of pyridine rings is 1. The van der Waals surface area contributed by atoms with Gasteiger partial charge in [-0.2, -0.15) is 0 Å². The van der Waals surface area contributed by atoms with Crippen LogP contribution in [0.5, 0.6) is 0 Å². The van der Waals surface area contributed by atoms with Gasteiger partial charge in [0.15, 0.2) is 0 Å². The van der Waals surface area contributed by atoms with Crippen molar-refractivity contribution in [2.45, 2.75) is 37.8 Å². The third-order valence-corrected chi connectivity index (χ3v) is 4.69. The summed E-state index contributed by atoms with van der Waals surface area (Å²) in [5.74, 6) is 0.620. The van der Waals surface area contributed by atoms with Gasteiger partial charge in [-0.25, -0.2) is 0 Å². The maximum absolute atomic E-state index is 12.4. The summed E-state index contributed by atoms with van der Waals surface area (Å²) in [4.78, 5) is 19.1. The van der Waals surface area contributed by atoms with Crippen molar-refractivity contribution < 1.29 is 9.53 Å². The molecule has 0 aliphatic carbocycles. The molecule has 2 aliphatic rings. The van der Waals surface area contributed by atoms with Gasteiger partial charge in [-0.15, -0.1) is 0 Å². The number of nitrogens with zero attached hydrogens (tertiary/aromatic N) is 2. The lowest BCUT2D eigenvalue weighted by Crippen LogP contribution is -2.55. The van der Waals surface area contributed by atoms with E-state index in [4.69, 9.17) is 4.74 Å². The molecule has 3 rings (SSSR count). The zero-order valence-corrected chi connectivity index (χ0v) is 12.0. The number of Topliss-reactive ketones (excluding diaryl/α,β-unsaturated/α-hetero) is 1.